The molecule has 25 heavy (non-hydrogen) atoms. The van der Waals surface area contributed by atoms with Crippen molar-refractivity contribution in [2.24, 2.45) is 5.92 Å². The molecule has 3 fully saturated rings. The summed E-state index contributed by atoms with van der Waals surface area (Å²) in [6.45, 7) is 6.29. The van der Waals surface area contributed by atoms with Gasteiger partial charge < -0.3 is 15.0 Å². The van der Waals surface area contributed by atoms with Gasteiger partial charge in [0, 0.05) is 18.2 Å². The van der Waals surface area contributed by atoms with Crippen LogP contribution in [0.4, 0.5) is 0 Å². The number of piperidine rings is 1. The molecule has 4 nitrogen and oxygen atoms in total. The highest BCUT2D eigenvalue weighted by Gasteiger charge is 2.71. The van der Waals surface area contributed by atoms with Gasteiger partial charge in [0.25, 0.3) is 1.43 Å². The van der Waals surface area contributed by atoms with Gasteiger partial charge in [-0.05, 0) is 68.2 Å². The van der Waals surface area contributed by atoms with Crippen molar-refractivity contribution in [1.29, 1.82) is 1.43 Å². The number of nitrogens with zero attached hydrogens (tertiary/aromatic N) is 1. The number of phenols is 1. The summed E-state index contributed by atoms with van der Waals surface area (Å²) in [6, 6.07) is 2.09. The Morgan fingerprint density at radius 2 is 2.32 bits per heavy atom. The van der Waals surface area contributed by atoms with Crippen LogP contribution in [-0.4, -0.2) is 47.4 Å². The zero-order valence-corrected chi connectivity index (χ0v) is 14.4. The van der Waals surface area contributed by atoms with Crippen LogP contribution in [0.2, 0.25) is 0 Å². The number of hydrogen-bond acceptors (Lipinski definition) is 4. The molecule has 6 rings (SSSR count). The van der Waals surface area contributed by atoms with Gasteiger partial charge in [-0.1, -0.05) is 12.6 Å². The second kappa shape index (κ2) is 4.41. The Balaban J connectivity index is 1.59. The van der Waals surface area contributed by atoms with E-state index in [0.29, 0.717) is 12.2 Å². The summed E-state index contributed by atoms with van der Waals surface area (Å²) in [5.74, 6) is 1.46. The Kier molecular flexibility index (Phi) is 2.25. The van der Waals surface area contributed by atoms with Crippen molar-refractivity contribution < 1.29 is 16.3 Å². The van der Waals surface area contributed by atoms with Crippen molar-refractivity contribution in [1.82, 2.24) is 4.90 Å². The van der Waals surface area contributed by atoms with E-state index < -0.39 is 11.0 Å². The van der Waals surface area contributed by atoms with Crippen LogP contribution in [0, 0.1) is 5.92 Å². The predicted molar refractivity (Wildman–Crippen MR) is 93.9 cm³/mol. The highest BCUT2D eigenvalue weighted by Crippen LogP contribution is 2.66. The van der Waals surface area contributed by atoms with Crippen molar-refractivity contribution >= 4 is 0 Å². The lowest BCUT2D eigenvalue weighted by Gasteiger charge is -2.63. The summed E-state index contributed by atoms with van der Waals surface area (Å²) >= 11 is 0. The third kappa shape index (κ3) is 1.57. The first-order chi connectivity index (χ1) is 13.0. The Morgan fingerprint density at radius 1 is 1.44 bits per heavy atom. The molecule has 2 saturated carbocycles. The van der Waals surface area contributed by atoms with Crippen LogP contribution >= 0.6 is 0 Å². The van der Waals surface area contributed by atoms with Gasteiger partial charge in [0.05, 0.1) is 12.4 Å². The van der Waals surface area contributed by atoms with E-state index in [9.17, 15) is 5.11 Å². The molecule has 2 aliphatic heterocycles. The molecule has 5 aliphatic rings. The van der Waals surface area contributed by atoms with Crippen LogP contribution in [0.5, 0.6) is 11.5 Å². The molecule has 3 aliphatic carbocycles. The zero-order chi connectivity index (χ0) is 18.6. The van der Waals surface area contributed by atoms with Crippen molar-refractivity contribution in [3.8, 4) is 11.5 Å². The van der Waals surface area contributed by atoms with E-state index in [4.69, 9.17) is 12.6 Å². The van der Waals surface area contributed by atoms with E-state index in [1.165, 1.54) is 12.8 Å². The van der Waals surface area contributed by atoms with Crippen LogP contribution < -0.4 is 4.74 Å². The summed E-state index contributed by atoms with van der Waals surface area (Å²) < 4.78 is 22.1. The normalized spacial score (nSPS) is 42.4. The SMILES string of the molecule is [2H]Oc1c([2H])cc2c3c1O[C@H]1C(=C)CC[C@@]4(O)[C@@H](C2)N(CC2CC2)CC[C@]314. The van der Waals surface area contributed by atoms with Gasteiger partial charge in [0.15, 0.2) is 11.5 Å². The maximum Gasteiger partial charge on any atom is 0.293 e. The minimum atomic E-state index is -0.854. The van der Waals surface area contributed by atoms with Crippen molar-refractivity contribution in [3.05, 3.63) is 35.4 Å². The number of likely N-dealkylation sites (tertiary alicyclic amines) is 1. The molecule has 1 spiro atoms. The lowest BCUT2D eigenvalue weighted by atomic mass is 9.48. The van der Waals surface area contributed by atoms with Gasteiger partial charge in [0.1, 0.15) is 6.10 Å². The highest BCUT2D eigenvalue weighted by atomic mass is 16.5. The molecule has 4 atom stereocenters. The van der Waals surface area contributed by atoms with Crippen molar-refractivity contribution in [2.75, 3.05) is 13.1 Å². The molecule has 2 N–H and O–H groups in total. The number of rotatable bonds is 3. The van der Waals surface area contributed by atoms with Crippen LogP contribution in [0.25, 0.3) is 0 Å². The van der Waals surface area contributed by atoms with Gasteiger partial charge in [-0.15, -0.1) is 0 Å². The molecular weight excluding hydrogens is 314 g/mol. The Morgan fingerprint density at radius 3 is 3.12 bits per heavy atom. The number of aromatic hydroxyl groups is 1. The minimum absolute atomic E-state index is 0.0617. The smallest absolute Gasteiger partial charge is 0.293 e. The second-order valence-corrected chi connectivity index (χ2v) is 8.81. The van der Waals surface area contributed by atoms with E-state index in [1.54, 1.807) is 0 Å². The molecule has 0 radical (unpaired) electrons. The zero-order valence-electron chi connectivity index (χ0n) is 16.4. The number of hydrogen-bond donors (Lipinski definition) is 2. The fourth-order valence-corrected chi connectivity index (χ4v) is 6.31. The van der Waals surface area contributed by atoms with Crippen LogP contribution in [0.1, 0.15) is 44.6 Å². The summed E-state index contributed by atoms with van der Waals surface area (Å²) in [6.07, 6.45) is 5.34. The quantitative estimate of drug-likeness (QED) is 0.830. The molecule has 0 aromatic heterocycles. The third-order valence-corrected chi connectivity index (χ3v) is 7.62. The Labute approximate surface area is 151 Å². The lowest BCUT2D eigenvalue weighted by molar-refractivity contribution is -0.174. The second-order valence-electron chi connectivity index (χ2n) is 8.81. The molecule has 1 aromatic rings. The molecule has 0 unspecified atom stereocenters. The van der Waals surface area contributed by atoms with Crippen LogP contribution in [0.15, 0.2) is 24.3 Å². The summed E-state index contributed by atoms with van der Waals surface area (Å²) in [5.41, 5.74) is 1.73. The predicted octanol–water partition coefficient (Wildman–Crippen LogP) is 2.51. The maximum atomic E-state index is 12.2. The number of aliphatic hydroxyl groups is 1. The molecule has 2 bridgehead atoms. The molecule has 132 valence electrons. The fourth-order valence-electron chi connectivity index (χ4n) is 6.31. The molecule has 0 amide bonds. The standard InChI is InChI=1S/C21H25NO3/c1-12-6-7-21(24)16-10-14-4-5-15(23)18-17(14)20(21,19(12)25-18)8-9-22(16)11-13-2-3-13/h4-5,13,16,19,23-24H,1-3,6-11H2/t16-,19+,20+,21-/m1/s1/i5D/hD. The maximum absolute atomic E-state index is 12.2. The van der Waals surface area contributed by atoms with Gasteiger partial charge >= 0.3 is 0 Å². The van der Waals surface area contributed by atoms with Gasteiger partial charge in [0.2, 0.25) is 0 Å². The lowest BCUT2D eigenvalue weighted by Crippen LogP contribution is -2.75. The first-order valence-corrected chi connectivity index (χ1v) is 9.60. The highest BCUT2D eigenvalue weighted by molar-refractivity contribution is 5.63. The Bertz CT molecular complexity index is 869. The third-order valence-electron chi connectivity index (χ3n) is 7.62. The summed E-state index contributed by atoms with van der Waals surface area (Å²) in [7, 11) is 0. The first-order valence-electron chi connectivity index (χ1n) is 10.5. The topological polar surface area (TPSA) is 52.9 Å². The van der Waals surface area contributed by atoms with E-state index in [0.717, 1.165) is 55.0 Å². The molecule has 1 aromatic carbocycles. The van der Waals surface area contributed by atoms with Gasteiger partial charge in [-0.2, -0.15) is 0 Å². The van der Waals surface area contributed by atoms with E-state index in [1.807, 2.05) is 6.07 Å². The molecule has 2 heterocycles. The van der Waals surface area contributed by atoms with E-state index >= 15 is 0 Å². The average molecular weight is 341 g/mol. The Hall–Kier alpha value is -1.52. The number of benzene rings is 1. The summed E-state index contributed by atoms with van der Waals surface area (Å²) in [4.78, 5) is 2.51. The minimum Gasteiger partial charge on any atom is -0.504 e. The van der Waals surface area contributed by atoms with Crippen LogP contribution in [0.3, 0.4) is 0 Å². The monoisotopic (exact) mass is 341 g/mol. The van der Waals surface area contributed by atoms with E-state index in [2.05, 4.69) is 11.5 Å². The van der Waals surface area contributed by atoms with Gasteiger partial charge in [-0.3, -0.25) is 4.90 Å². The largest absolute Gasteiger partial charge is 0.504 e. The molecular formula is C21H25NO3. The van der Waals surface area contributed by atoms with E-state index in [-0.39, 0.29) is 23.9 Å². The average Bonchev–Trinajstić information content (AvgIpc) is 3.38. The fraction of sp³-hybridized carbons (Fsp3) is 0.619. The molecule has 1 saturated heterocycles. The van der Waals surface area contributed by atoms with Crippen molar-refractivity contribution in [3.63, 3.8) is 0 Å². The summed E-state index contributed by atoms with van der Waals surface area (Å²) in [5, 5.41) is 17.0. The van der Waals surface area contributed by atoms with Crippen molar-refractivity contribution in [2.45, 2.75) is 61.7 Å². The molecule has 4 heteroatoms. The van der Waals surface area contributed by atoms with Crippen LogP contribution in [-0.2, 0) is 11.8 Å². The number of ether oxygens (including phenoxy) is 1. The number of phenolic OH excluding ortho intramolecular Hbond substituents is 1. The van der Waals surface area contributed by atoms with Gasteiger partial charge in [-0.25, -0.2) is 0 Å². The first kappa shape index (κ1) is 12.8.